The fourth-order valence-electron chi connectivity index (χ4n) is 2.80. The summed E-state index contributed by atoms with van der Waals surface area (Å²) in [5, 5.41) is 12.3. The van der Waals surface area contributed by atoms with Gasteiger partial charge in [0.05, 0.1) is 35.8 Å². The molecule has 138 valence electrons. The van der Waals surface area contributed by atoms with Crippen LogP contribution < -0.4 is 10.2 Å². The van der Waals surface area contributed by atoms with Crippen LogP contribution in [0.1, 0.15) is 10.4 Å². The summed E-state index contributed by atoms with van der Waals surface area (Å²) in [4.78, 5) is 28.8. The lowest BCUT2D eigenvalue weighted by molar-refractivity contribution is -0.118. The third kappa shape index (κ3) is 3.99. The minimum Gasteiger partial charge on any atom is -0.395 e. The second kappa shape index (κ2) is 8.51. The van der Waals surface area contributed by atoms with E-state index in [0.29, 0.717) is 34.2 Å². The van der Waals surface area contributed by atoms with E-state index < -0.39 is 0 Å². The van der Waals surface area contributed by atoms with Crippen molar-refractivity contribution in [2.24, 2.45) is 0 Å². The van der Waals surface area contributed by atoms with Gasteiger partial charge in [-0.15, -0.1) is 12.4 Å². The molecule has 0 aromatic heterocycles. The summed E-state index contributed by atoms with van der Waals surface area (Å²) in [5.74, 6) is -0.499. The van der Waals surface area contributed by atoms with Crippen molar-refractivity contribution in [1.82, 2.24) is 4.90 Å². The average molecular weight is 396 g/mol. The van der Waals surface area contributed by atoms with E-state index in [1.54, 1.807) is 54.4 Å². The molecule has 0 fully saturated rings. The molecule has 0 saturated heterocycles. The number of para-hydroxylation sites is 1. The summed E-state index contributed by atoms with van der Waals surface area (Å²) in [7, 11) is 1.75. The predicted octanol–water partition coefficient (Wildman–Crippen LogP) is 2.92. The van der Waals surface area contributed by atoms with Crippen LogP contribution in [-0.2, 0) is 4.79 Å². The number of hydrogen-bond donors (Lipinski definition) is 2. The fourth-order valence-corrected chi connectivity index (χ4v) is 2.98. The van der Waals surface area contributed by atoms with Crippen molar-refractivity contribution in [3.05, 3.63) is 53.1 Å². The van der Waals surface area contributed by atoms with Gasteiger partial charge in [-0.25, -0.2) is 0 Å². The average Bonchev–Trinajstić information content (AvgIpc) is 2.69. The summed E-state index contributed by atoms with van der Waals surface area (Å²) < 4.78 is 0. The van der Waals surface area contributed by atoms with Gasteiger partial charge in [-0.1, -0.05) is 23.7 Å². The van der Waals surface area contributed by atoms with Crippen LogP contribution in [-0.4, -0.2) is 48.6 Å². The Balaban J connectivity index is 0.00000243. The molecule has 1 aliphatic rings. The summed E-state index contributed by atoms with van der Waals surface area (Å²) in [6.45, 7) is 0.448. The number of likely N-dealkylation sites (N-methyl/N-ethyl adjacent to an activating group) is 1. The molecule has 0 unspecified atom stereocenters. The predicted molar refractivity (Wildman–Crippen MR) is 105 cm³/mol. The van der Waals surface area contributed by atoms with Crippen molar-refractivity contribution < 1.29 is 14.7 Å². The number of nitrogens with zero attached hydrogens (tertiary/aromatic N) is 2. The lowest BCUT2D eigenvalue weighted by Crippen LogP contribution is -2.37. The largest absolute Gasteiger partial charge is 0.395 e. The van der Waals surface area contributed by atoms with Crippen molar-refractivity contribution in [2.75, 3.05) is 37.0 Å². The molecule has 2 amide bonds. The normalized spacial score (nSPS) is 12.6. The zero-order chi connectivity index (χ0) is 18.0. The van der Waals surface area contributed by atoms with E-state index in [1.165, 1.54) is 4.90 Å². The molecule has 0 bridgehead atoms. The van der Waals surface area contributed by atoms with Crippen LogP contribution in [0.3, 0.4) is 0 Å². The van der Waals surface area contributed by atoms with Gasteiger partial charge >= 0.3 is 0 Å². The van der Waals surface area contributed by atoms with Crippen molar-refractivity contribution in [3.8, 4) is 0 Å². The molecule has 8 heteroatoms. The van der Waals surface area contributed by atoms with Crippen LogP contribution in [0.4, 0.5) is 17.1 Å². The number of carbonyl (C=O) groups is 2. The zero-order valence-corrected chi connectivity index (χ0v) is 15.7. The molecular weight excluding hydrogens is 377 g/mol. The molecule has 0 radical (unpaired) electrons. The second-order valence-electron chi connectivity index (χ2n) is 5.82. The van der Waals surface area contributed by atoms with Crippen molar-refractivity contribution in [2.45, 2.75) is 0 Å². The molecule has 0 saturated carbocycles. The number of aliphatic hydroxyl groups is 1. The second-order valence-corrected chi connectivity index (χ2v) is 6.26. The Bertz CT molecular complexity index is 829. The van der Waals surface area contributed by atoms with Crippen LogP contribution >= 0.6 is 24.0 Å². The number of amides is 2. The van der Waals surface area contributed by atoms with Gasteiger partial charge in [0.1, 0.15) is 0 Å². The number of fused-ring (bicyclic) bond motifs is 2. The van der Waals surface area contributed by atoms with E-state index in [-0.39, 0.29) is 37.4 Å². The Morgan fingerprint density at radius 2 is 1.96 bits per heavy atom. The first kappa shape index (κ1) is 20.2. The van der Waals surface area contributed by atoms with Crippen LogP contribution in [0.5, 0.6) is 0 Å². The minimum absolute atomic E-state index is 0. The van der Waals surface area contributed by atoms with E-state index in [2.05, 4.69) is 5.32 Å². The quantitative estimate of drug-likeness (QED) is 0.834. The maximum absolute atomic E-state index is 13.0. The zero-order valence-electron chi connectivity index (χ0n) is 14.1. The summed E-state index contributed by atoms with van der Waals surface area (Å²) >= 11 is 6.05. The molecule has 2 N–H and O–H groups in total. The minimum atomic E-state index is -0.293. The molecule has 1 aliphatic heterocycles. The van der Waals surface area contributed by atoms with E-state index >= 15 is 0 Å². The molecule has 26 heavy (non-hydrogen) atoms. The van der Waals surface area contributed by atoms with Crippen LogP contribution in [0, 0.1) is 0 Å². The number of aliphatic hydroxyl groups excluding tert-OH is 1. The van der Waals surface area contributed by atoms with Gasteiger partial charge in [0.15, 0.2) is 0 Å². The Morgan fingerprint density at radius 3 is 2.69 bits per heavy atom. The molecule has 0 aliphatic carbocycles. The van der Waals surface area contributed by atoms with Crippen molar-refractivity contribution >= 4 is 52.9 Å². The number of carbonyl (C=O) groups excluding carboxylic acids is 2. The Kier molecular flexibility index (Phi) is 6.61. The first-order valence-electron chi connectivity index (χ1n) is 7.83. The lowest BCUT2D eigenvalue weighted by Gasteiger charge is -2.26. The smallest absolute Gasteiger partial charge is 0.257 e. The standard InChI is InChI=1S/C18H18ClN3O3.ClH/c1-21(8-9-23)11-17(24)22-15-5-3-2-4-13(15)18(25)20-14-10-12(19)6-7-16(14)22;/h2-7,10,23H,8-9,11H2,1H3,(H,20,25);1H. The van der Waals surface area contributed by atoms with Crippen LogP contribution in [0.15, 0.2) is 42.5 Å². The van der Waals surface area contributed by atoms with E-state index in [4.69, 9.17) is 16.7 Å². The highest BCUT2D eigenvalue weighted by molar-refractivity contribution is 6.31. The molecule has 6 nitrogen and oxygen atoms in total. The Hall–Kier alpha value is -2.12. The Morgan fingerprint density at radius 1 is 1.23 bits per heavy atom. The van der Waals surface area contributed by atoms with Gasteiger partial charge in [-0.2, -0.15) is 0 Å². The number of hydrogen-bond acceptors (Lipinski definition) is 4. The molecular formula is C18H19Cl2N3O3. The number of rotatable bonds is 4. The highest BCUT2D eigenvalue weighted by Crippen LogP contribution is 2.39. The van der Waals surface area contributed by atoms with Gasteiger partial charge < -0.3 is 10.4 Å². The van der Waals surface area contributed by atoms with Gasteiger partial charge in [0.2, 0.25) is 5.91 Å². The third-order valence-corrected chi connectivity index (χ3v) is 4.21. The molecule has 0 spiro atoms. The number of anilines is 3. The van der Waals surface area contributed by atoms with Gasteiger partial charge in [0, 0.05) is 11.6 Å². The maximum Gasteiger partial charge on any atom is 0.257 e. The van der Waals surface area contributed by atoms with Gasteiger partial charge in [-0.3, -0.25) is 19.4 Å². The molecule has 2 aromatic carbocycles. The summed E-state index contributed by atoms with van der Waals surface area (Å²) in [6.07, 6.45) is 0. The van der Waals surface area contributed by atoms with Gasteiger partial charge in [-0.05, 0) is 37.4 Å². The monoisotopic (exact) mass is 395 g/mol. The third-order valence-electron chi connectivity index (χ3n) is 3.97. The van der Waals surface area contributed by atoms with Crippen molar-refractivity contribution in [3.63, 3.8) is 0 Å². The molecule has 1 heterocycles. The summed E-state index contributed by atoms with van der Waals surface area (Å²) in [5.41, 5.74) is 1.97. The lowest BCUT2D eigenvalue weighted by atomic mass is 10.1. The Labute approximate surface area is 162 Å². The number of benzene rings is 2. The highest BCUT2D eigenvalue weighted by Gasteiger charge is 2.29. The van der Waals surface area contributed by atoms with Crippen LogP contribution in [0.25, 0.3) is 0 Å². The first-order valence-corrected chi connectivity index (χ1v) is 8.21. The molecule has 0 atom stereocenters. The number of halogens is 2. The first-order chi connectivity index (χ1) is 12.0. The maximum atomic E-state index is 13.0. The van der Waals surface area contributed by atoms with E-state index in [9.17, 15) is 9.59 Å². The van der Waals surface area contributed by atoms with Gasteiger partial charge in [0.25, 0.3) is 5.91 Å². The fraction of sp³-hybridized carbons (Fsp3) is 0.222. The topological polar surface area (TPSA) is 72.9 Å². The molecule has 2 aromatic rings. The van der Waals surface area contributed by atoms with E-state index in [0.717, 1.165) is 0 Å². The molecule has 3 rings (SSSR count). The van der Waals surface area contributed by atoms with Crippen molar-refractivity contribution in [1.29, 1.82) is 0 Å². The van der Waals surface area contributed by atoms with E-state index in [1.807, 2.05) is 0 Å². The number of nitrogens with one attached hydrogen (secondary N) is 1. The SMILES string of the molecule is CN(CCO)CC(=O)N1c2ccc(Cl)cc2NC(=O)c2ccccc21.Cl. The highest BCUT2D eigenvalue weighted by atomic mass is 35.5. The van der Waals surface area contributed by atoms with Crippen LogP contribution in [0.2, 0.25) is 5.02 Å². The summed E-state index contributed by atoms with van der Waals surface area (Å²) in [6, 6.07) is 12.0.